The van der Waals surface area contributed by atoms with Crippen LogP contribution in [0.15, 0.2) is 60.8 Å². The first-order valence-corrected chi connectivity index (χ1v) is 26.0. The smallest absolute Gasteiger partial charge is 0.306 e. The Labute approximate surface area is 378 Å². The fraction of sp³-hybridized carbons (Fsp3) is 0.782. The van der Waals surface area contributed by atoms with Gasteiger partial charge in [-0.25, -0.2) is 0 Å². The number of amides is 1. The van der Waals surface area contributed by atoms with Crippen molar-refractivity contribution in [3.05, 3.63) is 60.8 Å². The first-order valence-electron chi connectivity index (χ1n) is 26.0. The number of carbonyl (C=O) groups is 2. The Kier molecular flexibility index (Phi) is 46.6. The maximum atomic E-state index is 13.2. The maximum absolute atomic E-state index is 13.2. The number of rotatable bonds is 46. The molecular weight excluding hydrogens is 755 g/mol. The molecule has 1 amide bonds. The van der Waals surface area contributed by atoms with E-state index < -0.39 is 18.2 Å². The van der Waals surface area contributed by atoms with E-state index in [1.807, 2.05) is 0 Å². The van der Waals surface area contributed by atoms with E-state index in [9.17, 15) is 19.8 Å². The van der Waals surface area contributed by atoms with Crippen LogP contribution in [0.5, 0.6) is 0 Å². The number of hydrogen-bond donors (Lipinski definition) is 3. The van der Waals surface area contributed by atoms with Crippen LogP contribution in [0.1, 0.15) is 252 Å². The van der Waals surface area contributed by atoms with Gasteiger partial charge in [-0.15, -0.1) is 0 Å². The summed E-state index contributed by atoms with van der Waals surface area (Å²) >= 11 is 0. The standard InChI is InChI=1S/C55H99NO5/c1-4-7-10-13-16-19-22-25-27-28-30-33-36-39-42-45-48-55(60)61-51(46-43-40-37-34-31-29-26-23-20-17-14-11-8-5-2)49-54(59)56-52(50-57)53(58)47-44-41-38-35-32-24-21-18-15-12-9-6-3/h7,10,16,19,25,27,29-31,33,51-53,57-58H,4-6,8-9,11-15,17-18,20-24,26,28,32,34-50H2,1-3H3,(H,56,59)/b10-7+,19-16+,27-25+,31-29+,33-30+. The van der Waals surface area contributed by atoms with E-state index >= 15 is 0 Å². The third-order valence-corrected chi connectivity index (χ3v) is 11.6. The van der Waals surface area contributed by atoms with E-state index in [0.717, 1.165) is 103 Å². The molecule has 0 saturated heterocycles. The second kappa shape index (κ2) is 48.6. The van der Waals surface area contributed by atoms with Crippen molar-refractivity contribution in [1.82, 2.24) is 5.32 Å². The number of aliphatic hydroxyl groups is 2. The van der Waals surface area contributed by atoms with Crippen molar-refractivity contribution in [2.75, 3.05) is 6.61 Å². The van der Waals surface area contributed by atoms with E-state index in [2.05, 4.69) is 86.8 Å². The summed E-state index contributed by atoms with van der Waals surface area (Å²) in [6.07, 6.45) is 59.9. The lowest BCUT2D eigenvalue weighted by Crippen LogP contribution is -2.46. The Balaban J connectivity index is 4.66. The normalized spacial score (nSPS) is 13.7. The van der Waals surface area contributed by atoms with Gasteiger partial charge in [0.05, 0.1) is 25.2 Å². The van der Waals surface area contributed by atoms with Crippen LogP contribution in [0.4, 0.5) is 0 Å². The van der Waals surface area contributed by atoms with E-state index in [0.29, 0.717) is 19.3 Å². The van der Waals surface area contributed by atoms with E-state index in [-0.39, 0.29) is 24.9 Å². The molecule has 6 nitrogen and oxygen atoms in total. The van der Waals surface area contributed by atoms with Crippen LogP contribution < -0.4 is 5.32 Å². The number of allylic oxidation sites excluding steroid dienone is 10. The summed E-state index contributed by atoms with van der Waals surface area (Å²) in [7, 11) is 0. The Morgan fingerprint density at radius 3 is 1.38 bits per heavy atom. The van der Waals surface area contributed by atoms with Gasteiger partial charge in [0.1, 0.15) is 6.10 Å². The van der Waals surface area contributed by atoms with Crippen LogP contribution in [0, 0.1) is 0 Å². The Bertz CT molecular complexity index is 1090. The Morgan fingerprint density at radius 2 is 0.885 bits per heavy atom. The highest BCUT2D eigenvalue weighted by Gasteiger charge is 2.24. The van der Waals surface area contributed by atoms with Crippen molar-refractivity contribution in [2.45, 2.75) is 270 Å². The highest BCUT2D eigenvalue weighted by molar-refractivity contribution is 5.77. The van der Waals surface area contributed by atoms with Gasteiger partial charge in [0.2, 0.25) is 5.91 Å². The third-order valence-electron chi connectivity index (χ3n) is 11.6. The highest BCUT2D eigenvalue weighted by Crippen LogP contribution is 2.17. The average molecular weight is 854 g/mol. The maximum Gasteiger partial charge on any atom is 0.306 e. The van der Waals surface area contributed by atoms with Crippen molar-refractivity contribution < 1.29 is 24.5 Å². The molecule has 61 heavy (non-hydrogen) atoms. The summed E-state index contributed by atoms with van der Waals surface area (Å²) in [5.74, 6) is -0.523. The van der Waals surface area contributed by atoms with Gasteiger partial charge in [0.25, 0.3) is 0 Å². The van der Waals surface area contributed by atoms with E-state index in [1.54, 1.807) is 0 Å². The molecule has 6 heteroatoms. The summed E-state index contributed by atoms with van der Waals surface area (Å²) in [6, 6.07) is -0.713. The van der Waals surface area contributed by atoms with Crippen LogP contribution in [-0.2, 0) is 14.3 Å². The molecule has 0 saturated carbocycles. The molecule has 0 spiro atoms. The molecule has 0 rings (SSSR count). The Morgan fingerprint density at radius 1 is 0.492 bits per heavy atom. The Hall–Kier alpha value is -2.44. The van der Waals surface area contributed by atoms with Crippen molar-refractivity contribution in [2.24, 2.45) is 0 Å². The SMILES string of the molecule is CC/C=C/C/C=C/C/C=C/C/C=C/CCCCCC(=O)OC(CCCCC/C=C/CCCCCCCCC)CC(=O)NC(CO)C(O)CCCCCCCCCCCCCC. The summed E-state index contributed by atoms with van der Waals surface area (Å²) in [5.41, 5.74) is 0. The molecular formula is C55H99NO5. The van der Waals surface area contributed by atoms with Gasteiger partial charge in [-0.05, 0) is 89.9 Å². The molecule has 0 aliphatic carbocycles. The topological polar surface area (TPSA) is 95.9 Å². The van der Waals surface area contributed by atoms with Crippen molar-refractivity contribution in [3.8, 4) is 0 Å². The molecule has 0 aromatic carbocycles. The van der Waals surface area contributed by atoms with Crippen LogP contribution in [0.25, 0.3) is 0 Å². The van der Waals surface area contributed by atoms with Crippen LogP contribution in [0.2, 0.25) is 0 Å². The number of unbranched alkanes of at least 4 members (excludes halogenated alkanes) is 24. The second-order valence-electron chi connectivity index (χ2n) is 17.5. The van der Waals surface area contributed by atoms with Gasteiger partial charge in [-0.3, -0.25) is 9.59 Å². The molecule has 3 N–H and O–H groups in total. The van der Waals surface area contributed by atoms with Gasteiger partial charge in [0.15, 0.2) is 0 Å². The minimum Gasteiger partial charge on any atom is -0.462 e. The van der Waals surface area contributed by atoms with Crippen LogP contribution in [0.3, 0.4) is 0 Å². The molecule has 0 aromatic heterocycles. The molecule has 354 valence electrons. The zero-order valence-electron chi connectivity index (χ0n) is 40.3. The van der Waals surface area contributed by atoms with Gasteiger partial charge >= 0.3 is 5.97 Å². The van der Waals surface area contributed by atoms with Crippen molar-refractivity contribution in [3.63, 3.8) is 0 Å². The number of nitrogens with one attached hydrogen (secondary N) is 1. The number of carbonyl (C=O) groups excluding carboxylic acids is 2. The van der Waals surface area contributed by atoms with Crippen molar-refractivity contribution >= 4 is 11.9 Å². The molecule has 3 unspecified atom stereocenters. The summed E-state index contributed by atoms with van der Waals surface area (Å²) < 4.78 is 5.91. The van der Waals surface area contributed by atoms with Gasteiger partial charge in [-0.1, -0.05) is 210 Å². The zero-order chi connectivity index (χ0) is 44.5. The van der Waals surface area contributed by atoms with Crippen LogP contribution in [-0.4, -0.2) is 46.9 Å². The third kappa shape index (κ3) is 44.0. The first kappa shape index (κ1) is 58.6. The number of aliphatic hydroxyl groups excluding tert-OH is 2. The predicted molar refractivity (Wildman–Crippen MR) is 264 cm³/mol. The lowest BCUT2D eigenvalue weighted by atomic mass is 10.0. The van der Waals surface area contributed by atoms with Crippen molar-refractivity contribution in [1.29, 1.82) is 0 Å². The largest absolute Gasteiger partial charge is 0.462 e. The molecule has 0 radical (unpaired) electrons. The summed E-state index contributed by atoms with van der Waals surface area (Å²) in [5, 5.41) is 23.7. The highest BCUT2D eigenvalue weighted by atomic mass is 16.5. The lowest BCUT2D eigenvalue weighted by Gasteiger charge is -2.24. The quantitative estimate of drug-likeness (QED) is 0.0322. The molecule has 3 atom stereocenters. The number of esters is 1. The number of ether oxygens (including phenoxy) is 1. The second-order valence-corrected chi connectivity index (χ2v) is 17.5. The van der Waals surface area contributed by atoms with Gasteiger partial charge in [0, 0.05) is 6.42 Å². The molecule has 0 heterocycles. The van der Waals surface area contributed by atoms with Gasteiger partial charge < -0.3 is 20.3 Å². The molecule has 0 aliphatic heterocycles. The zero-order valence-corrected chi connectivity index (χ0v) is 40.3. The predicted octanol–water partition coefficient (Wildman–Crippen LogP) is 15.6. The molecule has 0 aliphatic rings. The minimum atomic E-state index is -0.798. The summed E-state index contributed by atoms with van der Waals surface area (Å²) in [6.45, 7) is 6.36. The first-order chi connectivity index (χ1) is 30.0. The molecule has 0 fully saturated rings. The fourth-order valence-electron chi connectivity index (χ4n) is 7.65. The average Bonchev–Trinajstić information content (AvgIpc) is 3.25. The van der Waals surface area contributed by atoms with Gasteiger partial charge in [-0.2, -0.15) is 0 Å². The monoisotopic (exact) mass is 854 g/mol. The van der Waals surface area contributed by atoms with E-state index in [1.165, 1.54) is 103 Å². The fourth-order valence-corrected chi connectivity index (χ4v) is 7.65. The molecule has 0 bridgehead atoms. The number of hydrogen-bond acceptors (Lipinski definition) is 5. The minimum absolute atomic E-state index is 0.0533. The summed E-state index contributed by atoms with van der Waals surface area (Å²) in [4.78, 5) is 26.1. The lowest BCUT2D eigenvalue weighted by molar-refractivity contribution is -0.151. The van der Waals surface area contributed by atoms with Crippen LogP contribution >= 0.6 is 0 Å². The van der Waals surface area contributed by atoms with E-state index in [4.69, 9.17) is 4.74 Å². The molecule has 0 aromatic rings.